The van der Waals surface area contributed by atoms with Crippen molar-refractivity contribution in [2.24, 2.45) is 0 Å². The summed E-state index contributed by atoms with van der Waals surface area (Å²) in [6, 6.07) is 13.5. The molecule has 0 aliphatic carbocycles. The van der Waals surface area contributed by atoms with Crippen LogP contribution >= 0.6 is 23.1 Å². The molecule has 2 aromatic carbocycles. The summed E-state index contributed by atoms with van der Waals surface area (Å²) in [4.78, 5) is 16.6. The Morgan fingerprint density at radius 1 is 1.20 bits per heavy atom. The molecule has 0 spiro atoms. The number of carbonyl (C=O) groups is 1. The fraction of sp³-hybridized carbons (Fsp3) is 0.222. The minimum atomic E-state index is -0.0471. The highest BCUT2D eigenvalue weighted by Crippen LogP contribution is 2.29. The van der Waals surface area contributed by atoms with Gasteiger partial charge in [-0.15, -0.1) is 11.3 Å². The van der Waals surface area contributed by atoms with Crippen LogP contribution in [0, 0.1) is 0 Å². The van der Waals surface area contributed by atoms with Crippen molar-refractivity contribution < 1.29 is 14.3 Å². The predicted molar refractivity (Wildman–Crippen MR) is 102 cm³/mol. The monoisotopic (exact) mass is 374 g/mol. The normalized spacial score (nSPS) is 10.6. The Morgan fingerprint density at radius 3 is 2.80 bits per heavy atom. The van der Waals surface area contributed by atoms with Gasteiger partial charge in [0.1, 0.15) is 11.5 Å². The molecule has 0 aliphatic heterocycles. The molecule has 130 valence electrons. The van der Waals surface area contributed by atoms with Crippen LogP contribution in [0.5, 0.6) is 11.5 Å². The fourth-order valence-electron chi connectivity index (χ4n) is 2.31. The Hall–Kier alpha value is -2.25. The van der Waals surface area contributed by atoms with Gasteiger partial charge >= 0.3 is 0 Å². The van der Waals surface area contributed by atoms with Gasteiger partial charge in [-0.1, -0.05) is 23.9 Å². The number of rotatable bonds is 7. The molecule has 0 saturated heterocycles. The first-order chi connectivity index (χ1) is 12.2. The summed E-state index contributed by atoms with van der Waals surface area (Å²) in [5.74, 6) is 1.73. The summed E-state index contributed by atoms with van der Waals surface area (Å²) >= 11 is 3.05. The van der Waals surface area contributed by atoms with Crippen molar-refractivity contribution in [3.63, 3.8) is 0 Å². The number of hydrogen-bond donors (Lipinski definition) is 1. The topological polar surface area (TPSA) is 60.5 Å². The number of methoxy groups -OCH3 is 2. The van der Waals surface area contributed by atoms with Crippen molar-refractivity contribution in [3.8, 4) is 11.5 Å². The molecule has 5 nitrogen and oxygen atoms in total. The van der Waals surface area contributed by atoms with Crippen LogP contribution in [0.4, 0.5) is 0 Å². The molecule has 25 heavy (non-hydrogen) atoms. The third-order valence-electron chi connectivity index (χ3n) is 3.56. The molecule has 0 radical (unpaired) electrons. The van der Waals surface area contributed by atoms with Gasteiger partial charge in [-0.05, 0) is 30.3 Å². The lowest BCUT2D eigenvalue weighted by Gasteiger charge is -2.11. The SMILES string of the molecule is COc1ccc(OC)c(CNC(=O)CSc2nc3ccccc3s2)c1. The molecule has 0 unspecified atom stereocenters. The number of nitrogens with one attached hydrogen (secondary N) is 1. The number of nitrogens with zero attached hydrogens (tertiary/aromatic N) is 1. The van der Waals surface area contributed by atoms with Gasteiger partial charge in [-0.2, -0.15) is 0 Å². The number of aromatic nitrogens is 1. The van der Waals surface area contributed by atoms with Crippen LogP contribution in [-0.4, -0.2) is 30.9 Å². The lowest BCUT2D eigenvalue weighted by molar-refractivity contribution is -0.118. The number of hydrogen-bond acceptors (Lipinski definition) is 6. The van der Waals surface area contributed by atoms with E-state index in [1.165, 1.54) is 11.8 Å². The van der Waals surface area contributed by atoms with E-state index in [1.54, 1.807) is 25.6 Å². The maximum atomic E-state index is 12.1. The average Bonchev–Trinajstić information content (AvgIpc) is 3.07. The second-order valence-electron chi connectivity index (χ2n) is 5.19. The van der Waals surface area contributed by atoms with E-state index in [2.05, 4.69) is 10.3 Å². The van der Waals surface area contributed by atoms with Crippen LogP contribution in [0.15, 0.2) is 46.8 Å². The van der Waals surface area contributed by atoms with E-state index in [9.17, 15) is 4.79 Å². The van der Waals surface area contributed by atoms with Crippen molar-refractivity contribution in [1.29, 1.82) is 0 Å². The predicted octanol–water partition coefficient (Wildman–Crippen LogP) is 3.72. The number of amides is 1. The summed E-state index contributed by atoms with van der Waals surface area (Å²) in [7, 11) is 3.22. The Balaban J connectivity index is 1.56. The van der Waals surface area contributed by atoms with Crippen molar-refractivity contribution in [3.05, 3.63) is 48.0 Å². The molecule has 3 rings (SSSR count). The molecule has 0 bridgehead atoms. The Labute approximate surface area is 154 Å². The van der Waals surface area contributed by atoms with Crippen LogP contribution in [0.2, 0.25) is 0 Å². The van der Waals surface area contributed by atoms with Crippen LogP contribution in [-0.2, 0) is 11.3 Å². The van der Waals surface area contributed by atoms with E-state index in [0.717, 1.165) is 31.6 Å². The van der Waals surface area contributed by atoms with Crippen LogP contribution in [0.25, 0.3) is 10.2 Å². The highest BCUT2D eigenvalue weighted by Gasteiger charge is 2.10. The van der Waals surface area contributed by atoms with Gasteiger partial charge in [-0.3, -0.25) is 4.79 Å². The summed E-state index contributed by atoms with van der Waals surface area (Å²) in [5, 5.41) is 2.91. The largest absolute Gasteiger partial charge is 0.497 e. The van der Waals surface area contributed by atoms with Crippen molar-refractivity contribution in [2.45, 2.75) is 10.9 Å². The minimum Gasteiger partial charge on any atom is -0.497 e. The second kappa shape index (κ2) is 8.22. The van der Waals surface area contributed by atoms with Gasteiger partial charge in [-0.25, -0.2) is 4.98 Å². The number of para-hydroxylation sites is 1. The molecule has 1 aromatic heterocycles. The third kappa shape index (κ3) is 4.43. The molecule has 3 aromatic rings. The van der Waals surface area contributed by atoms with Gasteiger partial charge in [0.15, 0.2) is 4.34 Å². The molecule has 0 atom stereocenters. The molecule has 0 saturated carbocycles. The van der Waals surface area contributed by atoms with E-state index >= 15 is 0 Å². The van der Waals surface area contributed by atoms with E-state index < -0.39 is 0 Å². The zero-order valence-corrected chi connectivity index (χ0v) is 15.6. The minimum absolute atomic E-state index is 0.0471. The zero-order valence-electron chi connectivity index (χ0n) is 13.9. The Morgan fingerprint density at radius 2 is 2.04 bits per heavy atom. The summed E-state index contributed by atoms with van der Waals surface area (Å²) in [6.45, 7) is 0.389. The molecule has 7 heteroatoms. The van der Waals surface area contributed by atoms with E-state index in [1.807, 2.05) is 42.5 Å². The molecule has 1 N–H and O–H groups in total. The van der Waals surface area contributed by atoms with Gasteiger partial charge in [0.25, 0.3) is 0 Å². The first-order valence-electron chi connectivity index (χ1n) is 7.65. The number of thioether (sulfide) groups is 1. The fourth-order valence-corrected chi connectivity index (χ4v) is 4.20. The number of ether oxygens (including phenoxy) is 2. The Bertz CT molecular complexity index is 847. The highest BCUT2D eigenvalue weighted by atomic mass is 32.2. The summed E-state index contributed by atoms with van der Waals surface area (Å²) in [6.07, 6.45) is 0. The van der Waals surface area contributed by atoms with Crippen molar-refractivity contribution >= 4 is 39.2 Å². The van der Waals surface area contributed by atoms with E-state index in [-0.39, 0.29) is 5.91 Å². The van der Waals surface area contributed by atoms with Crippen LogP contribution in [0.1, 0.15) is 5.56 Å². The van der Waals surface area contributed by atoms with E-state index in [0.29, 0.717) is 12.3 Å². The number of benzene rings is 2. The lowest BCUT2D eigenvalue weighted by Crippen LogP contribution is -2.24. The van der Waals surface area contributed by atoms with Crippen molar-refractivity contribution in [1.82, 2.24) is 10.3 Å². The summed E-state index contributed by atoms with van der Waals surface area (Å²) in [5.41, 5.74) is 1.84. The maximum Gasteiger partial charge on any atom is 0.230 e. The first-order valence-corrected chi connectivity index (χ1v) is 9.46. The molecule has 1 amide bonds. The van der Waals surface area contributed by atoms with E-state index in [4.69, 9.17) is 9.47 Å². The molecule has 1 heterocycles. The quantitative estimate of drug-likeness (QED) is 0.639. The summed E-state index contributed by atoms with van der Waals surface area (Å²) < 4.78 is 12.6. The van der Waals surface area contributed by atoms with Gasteiger partial charge in [0.2, 0.25) is 5.91 Å². The molecular weight excluding hydrogens is 356 g/mol. The van der Waals surface area contributed by atoms with Crippen LogP contribution < -0.4 is 14.8 Å². The number of carbonyl (C=O) groups excluding carboxylic acids is 1. The molecular formula is C18H18N2O3S2. The molecule has 0 fully saturated rings. The van der Waals surface area contributed by atoms with Crippen LogP contribution in [0.3, 0.4) is 0 Å². The second-order valence-corrected chi connectivity index (χ2v) is 7.44. The lowest BCUT2D eigenvalue weighted by atomic mass is 10.2. The zero-order chi connectivity index (χ0) is 17.6. The van der Waals surface area contributed by atoms with Crippen molar-refractivity contribution in [2.75, 3.05) is 20.0 Å². The smallest absolute Gasteiger partial charge is 0.230 e. The average molecular weight is 374 g/mol. The number of fused-ring (bicyclic) bond motifs is 1. The van der Waals surface area contributed by atoms with Gasteiger partial charge < -0.3 is 14.8 Å². The number of thiazole rings is 1. The van der Waals surface area contributed by atoms with Gasteiger partial charge in [0.05, 0.1) is 30.2 Å². The third-order valence-corrected chi connectivity index (χ3v) is 5.74. The van der Waals surface area contributed by atoms with Gasteiger partial charge in [0, 0.05) is 12.1 Å². The standard InChI is InChI=1S/C18H18N2O3S2/c1-22-13-7-8-15(23-2)12(9-13)10-19-17(21)11-24-18-20-14-5-3-4-6-16(14)25-18/h3-9H,10-11H2,1-2H3,(H,19,21). The highest BCUT2D eigenvalue weighted by molar-refractivity contribution is 8.01. The Kier molecular flexibility index (Phi) is 5.78. The maximum absolute atomic E-state index is 12.1. The first kappa shape index (κ1) is 17.6. The molecule has 0 aliphatic rings.